The molecule has 15 heavy (non-hydrogen) atoms. The van der Waals surface area contributed by atoms with Gasteiger partial charge in [0.05, 0.1) is 6.10 Å². The van der Waals surface area contributed by atoms with Crippen molar-refractivity contribution in [3.05, 3.63) is 0 Å². The van der Waals surface area contributed by atoms with Crippen molar-refractivity contribution in [2.75, 3.05) is 6.54 Å². The molecule has 0 aromatic carbocycles. The highest BCUT2D eigenvalue weighted by molar-refractivity contribution is 5.83. The monoisotopic (exact) mass is 213 g/mol. The van der Waals surface area contributed by atoms with Gasteiger partial charge in [0.2, 0.25) is 0 Å². The van der Waals surface area contributed by atoms with Crippen molar-refractivity contribution in [3.63, 3.8) is 0 Å². The minimum Gasteiger partial charge on any atom is -0.366 e. The maximum Gasteiger partial charge on any atom is 0.161 e. The Kier molecular flexibility index (Phi) is 4.29. The molecule has 1 fully saturated rings. The number of hydrogen-bond acceptors (Lipinski definition) is 3. The molecule has 0 aromatic heterocycles. The van der Waals surface area contributed by atoms with Crippen LogP contribution in [0.15, 0.2) is 0 Å². The molecule has 3 heteroatoms. The van der Waals surface area contributed by atoms with Crippen LogP contribution in [0.2, 0.25) is 0 Å². The molecule has 2 N–H and O–H groups in total. The van der Waals surface area contributed by atoms with E-state index < -0.39 is 0 Å². The summed E-state index contributed by atoms with van der Waals surface area (Å²) in [4.78, 5) is 11.8. The second-order valence-electron chi connectivity index (χ2n) is 5.59. The van der Waals surface area contributed by atoms with E-state index in [1.165, 1.54) is 0 Å². The first kappa shape index (κ1) is 12.7. The molecule has 0 amide bonds. The summed E-state index contributed by atoms with van der Waals surface area (Å²) in [5.41, 5.74) is 5.73. The predicted octanol–water partition coefficient (Wildman–Crippen LogP) is 1.89. The first-order valence-electron chi connectivity index (χ1n) is 5.80. The summed E-state index contributed by atoms with van der Waals surface area (Å²) in [6, 6.07) is 0. The Labute approximate surface area is 92.4 Å². The van der Waals surface area contributed by atoms with Crippen molar-refractivity contribution >= 4 is 5.78 Å². The minimum atomic E-state index is -0.180. The summed E-state index contributed by atoms with van der Waals surface area (Å²) in [5, 5.41) is 0. The van der Waals surface area contributed by atoms with Gasteiger partial charge in [-0.25, -0.2) is 0 Å². The lowest BCUT2D eigenvalue weighted by Gasteiger charge is -2.18. The minimum absolute atomic E-state index is 0.105. The molecule has 88 valence electrons. The molecular weight excluding hydrogens is 190 g/mol. The van der Waals surface area contributed by atoms with Crippen LogP contribution in [0.25, 0.3) is 0 Å². The molecule has 0 spiro atoms. The third kappa shape index (κ3) is 4.31. The van der Waals surface area contributed by atoms with E-state index >= 15 is 0 Å². The molecule has 1 heterocycles. The number of carbonyl (C=O) groups is 1. The van der Waals surface area contributed by atoms with E-state index in [-0.39, 0.29) is 23.4 Å². The van der Waals surface area contributed by atoms with Crippen LogP contribution >= 0.6 is 0 Å². The van der Waals surface area contributed by atoms with E-state index in [0.29, 0.717) is 13.0 Å². The lowest BCUT2D eigenvalue weighted by molar-refractivity contribution is -0.130. The Morgan fingerprint density at radius 2 is 2.07 bits per heavy atom. The van der Waals surface area contributed by atoms with Crippen molar-refractivity contribution in [2.45, 2.75) is 58.7 Å². The van der Waals surface area contributed by atoms with Gasteiger partial charge in [0, 0.05) is 13.0 Å². The zero-order valence-electron chi connectivity index (χ0n) is 10.1. The van der Waals surface area contributed by atoms with Crippen molar-refractivity contribution in [2.24, 2.45) is 11.1 Å². The van der Waals surface area contributed by atoms with Crippen LogP contribution in [0.5, 0.6) is 0 Å². The van der Waals surface area contributed by atoms with E-state index in [4.69, 9.17) is 10.5 Å². The Morgan fingerprint density at radius 3 is 2.53 bits per heavy atom. The van der Waals surface area contributed by atoms with Gasteiger partial charge >= 0.3 is 0 Å². The van der Waals surface area contributed by atoms with Gasteiger partial charge in [-0.1, -0.05) is 20.8 Å². The maximum absolute atomic E-state index is 11.8. The van der Waals surface area contributed by atoms with Gasteiger partial charge in [0.1, 0.15) is 6.10 Å². The first-order valence-corrected chi connectivity index (χ1v) is 5.80. The zero-order valence-corrected chi connectivity index (χ0v) is 10.1. The van der Waals surface area contributed by atoms with Gasteiger partial charge in [-0.3, -0.25) is 4.79 Å². The standard InChI is InChI=1S/C12H23NO2/c1-12(2,3)7-6-10(14)11-5-4-9(8-13)15-11/h9,11H,4-8,13H2,1-3H3. The highest BCUT2D eigenvalue weighted by Crippen LogP contribution is 2.25. The normalized spacial score (nSPS) is 26.9. The predicted molar refractivity (Wildman–Crippen MR) is 60.6 cm³/mol. The number of ketones is 1. The number of hydrogen-bond donors (Lipinski definition) is 1. The second-order valence-corrected chi connectivity index (χ2v) is 5.59. The van der Waals surface area contributed by atoms with Crippen LogP contribution in [0.4, 0.5) is 0 Å². The van der Waals surface area contributed by atoms with Gasteiger partial charge in [-0.15, -0.1) is 0 Å². The lowest BCUT2D eigenvalue weighted by Crippen LogP contribution is -2.25. The molecule has 1 aliphatic heterocycles. The maximum atomic E-state index is 11.8. The van der Waals surface area contributed by atoms with Crippen LogP contribution in [0, 0.1) is 5.41 Å². The lowest BCUT2D eigenvalue weighted by atomic mass is 9.88. The average molecular weight is 213 g/mol. The number of nitrogens with two attached hydrogens (primary N) is 1. The largest absolute Gasteiger partial charge is 0.366 e. The van der Waals surface area contributed by atoms with Crippen LogP contribution < -0.4 is 5.73 Å². The number of Topliss-reactive ketones (excluding diaryl/α,β-unsaturated/α-hetero) is 1. The number of rotatable bonds is 4. The topological polar surface area (TPSA) is 52.3 Å². The molecule has 2 atom stereocenters. The fourth-order valence-corrected chi connectivity index (χ4v) is 1.78. The van der Waals surface area contributed by atoms with E-state index in [0.717, 1.165) is 19.3 Å². The Hall–Kier alpha value is -0.410. The van der Waals surface area contributed by atoms with Crippen molar-refractivity contribution in [3.8, 4) is 0 Å². The van der Waals surface area contributed by atoms with Crippen molar-refractivity contribution < 1.29 is 9.53 Å². The van der Waals surface area contributed by atoms with Crippen molar-refractivity contribution in [1.82, 2.24) is 0 Å². The summed E-state index contributed by atoms with van der Waals surface area (Å²) in [5.74, 6) is 0.251. The molecule has 1 aliphatic rings. The third-order valence-electron chi connectivity index (χ3n) is 2.85. The summed E-state index contributed by atoms with van der Waals surface area (Å²) in [6.45, 7) is 6.98. The molecule has 0 aromatic rings. The van der Waals surface area contributed by atoms with E-state index in [1.54, 1.807) is 0 Å². The molecule has 2 unspecified atom stereocenters. The first-order chi connectivity index (χ1) is 6.92. The highest BCUT2D eigenvalue weighted by atomic mass is 16.5. The second kappa shape index (κ2) is 5.08. The summed E-state index contributed by atoms with van der Waals surface area (Å²) in [6.07, 6.45) is 3.27. The van der Waals surface area contributed by atoms with Crippen molar-refractivity contribution in [1.29, 1.82) is 0 Å². The van der Waals surface area contributed by atoms with Gasteiger partial charge in [0.25, 0.3) is 0 Å². The summed E-state index contributed by atoms with van der Waals surface area (Å²) in [7, 11) is 0. The molecule has 0 aliphatic carbocycles. The number of carbonyl (C=O) groups excluding carboxylic acids is 1. The SMILES string of the molecule is CC(C)(C)CCC(=O)C1CCC(CN)O1. The van der Waals surface area contributed by atoms with Crippen LogP contribution in [0.3, 0.4) is 0 Å². The number of ether oxygens (including phenoxy) is 1. The third-order valence-corrected chi connectivity index (χ3v) is 2.85. The Bertz CT molecular complexity index is 220. The molecule has 1 saturated heterocycles. The van der Waals surface area contributed by atoms with Crippen LogP contribution in [0.1, 0.15) is 46.5 Å². The van der Waals surface area contributed by atoms with Crippen LogP contribution in [-0.2, 0) is 9.53 Å². The quantitative estimate of drug-likeness (QED) is 0.776. The smallest absolute Gasteiger partial charge is 0.161 e. The molecule has 1 rings (SSSR count). The Morgan fingerprint density at radius 1 is 1.40 bits per heavy atom. The molecular formula is C12H23NO2. The van der Waals surface area contributed by atoms with Crippen LogP contribution in [-0.4, -0.2) is 24.5 Å². The van der Waals surface area contributed by atoms with Gasteiger partial charge in [-0.2, -0.15) is 0 Å². The fraction of sp³-hybridized carbons (Fsp3) is 0.917. The van der Waals surface area contributed by atoms with E-state index in [1.807, 2.05) is 0 Å². The van der Waals surface area contributed by atoms with E-state index in [9.17, 15) is 4.79 Å². The summed E-state index contributed by atoms with van der Waals surface area (Å²) >= 11 is 0. The molecule has 0 saturated carbocycles. The Balaban J connectivity index is 2.30. The van der Waals surface area contributed by atoms with Gasteiger partial charge in [-0.05, 0) is 24.7 Å². The van der Waals surface area contributed by atoms with E-state index in [2.05, 4.69) is 20.8 Å². The average Bonchev–Trinajstić information content (AvgIpc) is 2.61. The zero-order chi connectivity index (χ0) is 11.5. The molecule has 0 radical (unpaired) electrons. The molecule has 0 bridgehead atoms. The van der Waals surface area contributed by atoms with Gasteiger partial charge < -0.3 is 10.5 Å². The fourth-order valence-electron chi connectivity index (χ4n) is 1.78. The summed E-state index contributed by atoms with van der Waals surface area (Å²) < 4.78 is 5.56. The van der Waals surface area contributed by atoms with Gasteiger partial charge in [0.15, 0.2) is 5.78 Å². The highest BCUT2D eigenvalue weighted by Gasteiger charge is 2.29. The molecule has 3 nitrogen and oxygen atoms in total.